The number of hydrogen-bond donors (Lipinski definition) is 3. The molecule has 0 radical (unpaired) electrons. The minimum Gasteiger partial charge on any atom is -0.394 e. The van der Waals surface area contributed by atoms with Gasteiger partial charge in [-0.05, 0) is 37.5 Å². The van der Waals surface area contributed by atoms with E-state index in [4.69, 9.17) is 5.73 Å². The molecule has 6 heteroatoms. The average Bonchev–Trinajstić information content (AvgIpc) is 3.17. The summed E-state index contributed by atoms with van der Waals surface area (Å²) >= 11 is 0. The van der Waals surface area contributed by atoms with Crippen LogP contribution in [-0.2, 0) is 6.42 Å². The first kappa shape index (κ1) is 18.3. The van der Waals surface area contributed by atoms with Crippen LogP contribution in [0.5, 0.6) is 0 Å². The molecule has 0 aliphatic heterocycles. The van der Waals surface area contributed by atoms with Gasteiger partial charge in [0, 0.05) is 5.56 Å². The van der Waals surface area contributed by atoms with Crippen molar-refractivity contribution in [2.24, 2.45) is 5.73 Å². The van der Waals surface area contributed by atoms with Crippen molar-refractivity contribution in [3.05, 3.63) is 65.9 Å². The van der Waals surface area contributed by atoms with E-state index in [0.717, 1.165) is 22.5 Å². The smallest absolute Gasteiger partial charge is 0.113 e. The van der Waals surface area contributed by atoms with Gasteiger partial charge in [0.1, 0.15) is 5.69 Å². The maximum atomic E-state index is 9.26. The van der Waals surface area contributed by atoms with Gasteiger partial charge in [-0.1, -0.05) is 47.2 Å². The fourth-order valence-electron chi connectivity index (χ4n) is 2.66. The summed E-state index contributed by atoms with van der Waals surface area (Å²) in [7, 11) is 0. The Morgan fingerprint density at radius 3 is 2.27 bits per heavy atom. The fraction of sp³-hybridized carbons (Fsp3) is 0.300. The molecular weight excluding hydrogens is 328 g/mol. The zero-order valence-electron chi connectivity index (χ0n) is 14.8. The maximum Gasteiger partial charge on any atom is 0.113 e. The first-order valence-electron chi connectivity index (χ1n) is 8.62. The van der Waals surface area contributed by atoms with Gasteiger partial charge < -0.3 is 15.9 Å². The van der Waals surface area contributed by atoms with E-state index in [1.165, 1.54) is 5.56 Å². The molecule has 0 unspecified atom stereocenters. The van der Waals surface area contributed by atoms with E-state index >= 15 is 0 Å². The first-order chi connectivity index (χ1) is 12.5. The zero-order chi connectivity index (χ0) is 18.6. The van der Waals surface area contributed by atoms with Crippen LogP contribution in [0.1, 0.15) is 17.5 Å². The summed E-state index contributed by atoms with van der Waals surface area (Å²) in [6, 6.07) is 16.1. The summed E-state index contributed by atoms with van der Waals surface area (Å²) in [6.07, 6.45) is 3.11. The van der Waals surface area contributed by atoms with Crippen LogP contribution in [-0.4, -0.2) is 44.0 Å². The van der Waals surface area contributed by atoms with Crippen molar-refractivity contribution in [1.82, 2.24) is 15.0 Å². The third-order valence-corrected chi connectivity index (χ3v) is 4.58. The summed E-state index contributed by atoms with van der Waals surface area (Å²) in [4.78, 5) is 0. The van der Waals surface area contributed by atoms with Crippen molar-refractivity contribution in [2.75, 3.05) is 13.2 Å². The molecule has 0 amide bonds. The van der Waals surface area contributed by atoms with Crippen LogP contribution in [0.25, 0.3) is 16.9 Å². The molecule has 3 aromatic rings. The van der Waals surface area contributed by atoms with E-state index in [2.05, 4.69) is 10.3 Å². The number of benzene rings is 2. The molecule has 0 aliphatic rings. The van der Waals surface area contributed by atoms with Crippen molar-refractivity contribution in [2.45, 2.75) is 25.3 Å². The molecule has 0 atom stereocenters. The fourth-order valence-corrected chi connectivity index (χ4v) is 2.66. The second kappa shape index (κ2) is 7.78. The molecule has 0 aliphatic carbocycles. The van der Waals surface area contributed by atoms with Crippen LogP contribution in [0.3, 0.4) is 0 Å². The topological polar surface area (TPSA) is 97.2 Å². The van der Waals surface area contributed by atoms with Gasteiger partial charge >= 0.3 is 0 Å². The number of aryl methyl sites for hydroxylation is 2. The predicted molar refractivity (Wildman–Crippen MR) is 101 cm³/mol. The van der Waals surface area contributed by atoms with Crippen LogP contribution in [0, 0.1) is 6.92 Å². The lowest BCUT2D eigenvalue weighted by atomic mass is 9.93. The first-order valence-corrected chi connectivity index (χ1v) is 8.62. The van der Waals surface area contributed by atoms with E-state index in [1.807, 2.05) is 61.7 Å². The quantitative estimate of drug-likeness (QED) is 0.603. The highest BCUT2D eigenvalue weighted by atomic mass is 16.3. The van der Waals surface area contributed by atoms with E-state index in [1.54, 1.807) is 4.68 Å². The van der Waals surface area contributed by atoms with Gasteiger partial charge in [-0.25, -0.2) is 4.68 Å². The standard InChI is InChI=1S/C20H24N4O2/c1-15-2-8-18(9-3-15)24-12-19(22-23-24)17-6-4-16(5-7-17)10-11-20(21,13-25)14-26/h2-9,12,25-26H,10-11,13-14,21H2,1H3. The van der Waals surface area contributed by atoms with Crippen LogP contribution in [0.4, 0.5) is 0 Å². The number of aromatic nitrogens is 3. The molecule has 1 aromatic heterocycles. The molecule has 26 heavy (non-hydrogen) atoms. The minimum absolute atomic E-state index is 0.232. The minimum atomic E-state index is -0.935. The Kier molecular flexibility index (Phi) is 5.46. The number of nitrogens with two attached hydrogens (primary N) is 1. The molecule has 4 N–H and O–H groups in total. The lowest BCUT2D eigenvalue weighted by molar-refractivity contribution is 0.115. The Balaban J connectivity index is 1.70. The molecule has 1 heterocycles. The SMILES string of the molecule is Cc1ccc(-n2cc(-c3ccc(CCC(N)(CO)CO)cc3)nn2)cc1. The van der Waals surface area contributed by atoms with E-state index in [0.29, 0.717) is 12.8 Å². The van der Waals surface area contributed by atoms with Crippen LogP contribution in [0.2, 0.25) is 0 Å². The average molecular weight is 352 g/mol. The number of hydrogen-bond acceptors (Lipinski definition) is 5. The second-order valence-corrected chi connectivity index (χ2v) is 6.76. The Morgan fingerprint density at radius 1 is 1.00 bits per heavy atom. The van der Waals surface area contributed by atoms with Crippen molar-refractivity contribution in [1.29, 1.82) is 0 Å². The van der Waals surface area contributed by atoms with Crippen molar-refractivity contribution in [3.63, 3.8) is 0 Å². The summed E-state index contributed by atoms with van der Waals surface area (Å²) in [6.45, 7) is 1.58. The maximum absolute atomic E-state index is 9.26. The molecule has 0 bridgehead atoms. The summed E-state index contributed by atoms with van der Waals surface area (Å²) in [5.74, 6) is 0. The van der Waals surface area contributed by atoms with E-state index < -0.39 is 5.54 Å². The largest absolute Gasteiger partial charge is 0.394 e. The van der Waals surface area contributed by atoms with Gasteiger partial charge in [0.25, 0.3) is 0 Å². The van der Waals surface area contributed by atoms with Crippen LogP contribution >= 0.6 is 0 Å². The Hall–Kier alpha value is -2.54. The van der Waals surface area contributed by atoms with Gasteiger partial charge in [0.2, 0.25) is 0 Å². The second-order valence-electron chi connectivity index (χ2n) is 6.76. The Bertz CT molecular complexity index is 837. The lowest BCUT2D eigenvalue weighted by Gasteiger charge is -2.24. The van der Waals surface area contributed by atoms with E-state index in [9.17, 15) is 10.2 Å². The molecule has 0 saturated carbocycles. The highest BCUT2D eigenvalue weighted by molar-refractivity contribution is 5.58. The number of rotatable bonds is 7. The molecule has 0 saturated heterocycles. The molecule has 0 fully saturated rings. The number of aliphatic hydroxyl groups is 2. The highest BCUT2D eigenvalue weighted by Crippen LogP contribution is 2.20. The highest BCUT2D eigenvalue weighted by Gasteiger charge is 2.22. The van der Waals surface area contributed by atoms with Crippen molar-refractivity contribution in [3.8, 4) is 16.9 Å². The Morgan fingerprint density at radius 2 is 1.65 bits per heavy atom. The van der Waals surface area contributed by atoms with Crippen LogP contribution < -0.4 is 5.73 Å². The number of aliphatic hydroxyl groups excluding tert-OH is 2. The third kappa shape index (κ3) is 4.16. The molecule has 0 spiro atoms. The zero-order valence-corrected chi connectivity index (χ0v) is 14.8. The monoisotopic (exact) mass is 352 g/mol. The van der Waals surface area contributed by atoms with Crippen molar-refractivity contribution >= 4 is 0 Å². The molecule has 3 rings (SSSR count). The van der Waals surface area contributed by atoms with E-state index in [-0.39, 0.29) is 13.2 Å². The van der Waals surface area contributed by atoms with Gasteiger partial charge in [-0.3, -0.25) is 0 Å². The molecule has 2 aromatic carbocycles. The summed E-state index contributed by atoms with van der Waals surface area (Å²) in [5.41, 5.74) is 10.0. The van der Waals surface area contributed by atoms with Gasteiger partial charge in [0.15, 0.2) is 0 Å². The molecular formula is C20H24N4O2. The lowest BCUT2D eigenvalue weighted by Crippen LogP contribution is -2.47. The number of nitrogens with zero attached hydrogens (tertiary/aromatic N) is 3. The molecule has 136 valence electrons. The molecule has 6 nitrogen and oxygen atoms in total. The van der Waals surface area contributed by atoms with Gasteiger partial charge in [-0.15, -0.1) is 5.10 Å². The van der Waals surface area contributed by atoms with Crippen molar-refractivity contribution < 1.29 is 10.2 Å². The summed E-state index contributed by atoms with van der Waals surface area (Å²) in [5, 5.41) is 27.0. The predicted octanol–water partition coefficient (Wildman–Crippen LogP) is 1.86. The summed E-state index contributed by atoms with van der Waals surface area (Å²) < 4.78 is 1.76. The Labute approximate surface area is 152 Å². The normalized spacial score (nSPS) is 11.7. The third-order valence-electron chi connectivity index (χ3n) is 4.58. The van der Waals surface area contributed by atoms with Crippen LogP contribution in [0.15, 0.2) is 54.7 Å². The van der Waals surface area contributed by atoms with Gasteiger partial charge in [-0.2, -0.15) is 0 Å². The van der Waals surface area contributed by atoms with Gasteiger partial charge in [0.05, 0.1) is 30.6 Å².